The van der Waals surface area contributed by atoms with Gasteiger partial charge in [-0.2, -0.15) is 4.98 Å². The summed E-state index contributed by atoms with van der Waals surface area (Å²) in [4.78, 5) is 34.0. The number of aryl methyl sites for hydroxylation is 1. The van der Waals surface area contributed by atoms with Crippen LogP contribution in [0, 0.1) is 6.92 Å². The van der Waals surface area contributed by atoms with Crippen LogP contribution in [0.4, 0.5) is 23.1 Å². The molecule has 9 heteroatoms. The van der Waals surface area contributed by atoms with E-state index in [1.165, 1.54) is 12.3 Å². The highest BCUT2D eigenvalue weighted by Crippen LogP contribution is 2.30. The highest BCUT2D eigenvalue weighted by molar-refractivity contribution is 6.33. The number of nitrogens with zero attached hydrogens (tertiary/aromatic N) is 3. The number of nitrogens with one attached hydrogen (secondary N) is 3. The molecule has 1 saturated heterocycles. The van der Waals surface area contributed by atoms with Crippen LogP contribution in [0.15, 0.2) is 37.1 Å². The number of amides is 2. The van der Waals surface area contributed by atoms with E-state index in [-0.39, 0.29) is 17.9 Å². The van der Waals surface area contributed by atoms with Crippen molar-refractivity contribution in [2.75, 3.05) is 29.0 Å². The maximum Gasteiger partial charge on any atom is 0.247 e. The number of halogens is 1. The second kappa shape index (κ2) is 9.58. The molecule has 2 heterocycles. The van der Waals surface area contributed by atoms with Crippen molar-refractivity contribution in [3.05, 3.63) is 47.6 Å². The maximum absolute atomic E-state index is 11.8. The van der Waals surface area contributed by atoms with Crippen LogP contribution in [0.25, 0.3) is 0 Å². The lowest BCUT2D eigenvalue weighted by Gasteiger charge is -2.32. The standard InChI is InChI=1S/C21H25ClN6O2/c1-4-19(30)25-18-10-13(2)7-8-17(18)26-20-16(22)11-23-21(27-20)24-15-6-5-9-28(12-15)14(3)29/h4,7-8,10-11,15H,1,5-6,9,12H2,2-3H3,(H,25,30)(H2,23,24,26,27). The van der Waals surface area contributed by atoms with Gasteiger partial charge in [-0.05, 0) is 43.5 Å². The Bertz CT molecular complexity index is 965. The molecule has 2 aromatic rings. The molecule has 1 fully saturated rings. The SMILES string of the molecule is C=CC(=O)Nc1cc(C)ccc1Nc1nc(NC2CCCN(C(C)=O)C2)ncc1Cl. The fourth-order valence-electron chi connectivity index (χ4n) is 3.27. The topological polar surface area (TPSA) is 99.2 Å². The molecule has 0 radical (unpaired) electrons. The van der Waals surface area contributed by atoms with Gasteiger partial charge in [-0.15, -0.1) is 0 Å². The summed E-state index contributed by atoms with van der Waals surface area (Å²) in [6.07, 6.45) is 4.57. The number of hydrogen-bond donors (Lipinski definition) is 3. The average Bonchev–Trinajstić information content (AvgIpc) is 2.72. The van der Waals surface area contributed by atoms with E-state index in [9.17, 15) is 9.59 Å². The number of hydrogen-bond acceptors (Lipinski definition) is 6. The first-order valence-electron chi connectivity index (χ1n) is 9.71. The first kappa shape index (κ1) is 21.6. The van der Waals surface area contributed by atoms with E-state index in [0.717, 1.165) is 24.9 Å². The van der Waals surface area contributed by atoms with Crippen LogP contribution in [-0.2, 0) is 9.59 Å². The van der Waals surface area contributed by atoms with Gasteiger partial charge in [0, 0.05) is 26.1 Å². The zero-order chi connectivity index (χ0) is 21.7. The number of rotatable bonds is 6. The van der Waals surface area contributed by atoms with Crippen molar-refractivity contribution in [1.29, 1.82) is 0 Å². The molecular weight excluding hydrogens is 404 g/mol. The van der Waals surface area contributed by atoms with Crippen LogP contribution in [0.2, 0.25) is 5.02 Å². The molecule has 2 amide bonds. The molecular formula is C21H25ClN6O2. The van der Waals surface area contributed by atoms with E-state index in [0.29, 0.717) is 34.7 Å². The third-order valence-corrected chi connectivity index (χ3v) is 5.09. The highest BCUT2D eigenvalue weighted by Gasteiger charge is 2.22. The van der Waals surface area contributed by atoms with Gasteiger partial charge in [-0.3, -0.25) is 9.59 Å². The van der Waals surface area contributed by atoms with Crippen molar-refractivity contribution in [3.8, 4) is 0 Å². The number of anilines is 4. The van der Waals surface area contributed by atoms with Gasteiger partial charge in [0.15, 0.2) is 5.82 Å². The van der Waals surface area contributed by atoms with Gasteiger partial charge in [0.2, 0.25) is 17.8 Å². The predicted octanol–water partition coefficient (Wildman–Crippen LogP) is 3.73. The Morgan fingerprint density at radius 3 is 2.87 bits per heavy atom. The predicted molar refractivity (Wildman–Crippen MR) is 119 cm³/mol. The second-order valence-electron chi connectivity index (χ2n) is 7.21. The number of likely N-dealkylation sites (tertiary alicyclic amines) is 1. The number of aromatic nitrogens is 2. The van der Waals surface area contributed by atoms with E-state index < -0.39 is 0 Å². The molecule has 8 nitrogen and oxygen atoms in total. The van der Waals surface area contributed by atoms with E-state index in [4.69, 9.17) is 11.6 Å². The largest absolute Gasteiger partial charge is 0.350 e. The number of piperidine rings is 1. The van der Waals surface area contributed by atoms with Crippen molar-refractivity contribution < 1.29 is 9.59 Å². The first-order chi connectivity index (χ1) is 14.4. The molecule has 1 aliphatic heterocycles. The molecule has 1 unspecified atom stereocenters. The molecule has 158 valence electrons. The monoisotopic (exact) mass is 428 g/mol. The molecule has 3 N–H and O–H groups in total. The summed E-state index contributed by atoms with van der Waals surface area (Å²) in [5, 5.41) is 9.57. The maximum atomic E-state index is 11.8. The zero-order valence-electron chi connectivity index (χ0n) is 17.0. The lowest BCUT2D eigenvalue weighted by Crippen LogP contribution is -2.44. The molecule has 30 heavy (non-hydrogen) atoms. The van der Waals surface area contributed by atoms with Crippen molar-refractivity contribution in [2.24, 2.45) is 0 Å². The van der Waals surface area contributed by atoms with Gasteiger partial charge in [0.1, 0.15) is 5.02 Å². The van der Waals surface area contributed by atoms with Crippen LogP contribution in [0.5, 0.6) is 0 Å². The lowest BCUT2D eigenvalue weighted by molar-refractivity contribution is -0.129. The molecule has 1 aliphatic rings. The van der Waals surface area contributed by atoms with E-state index >= 15 is 0 Å². The van der Waals surface area contributed by atoms with Crippen LogP contribution in [0.3, 0.4) is 0 Å². The van der Waals surface area contributed by atoms with Crippen LogP contribution in [-0.4, -0.2) is 45.8 Å². The van der Waals surface area contributed by atoms with Crippen LogP contribution < -0.4 is 16.0 Å². The van der Waals surface area contributed by atoms with E-state index in [1.807, 2.05) is 30.0 Å². The van der Waals surface area contributed by atoms with Gasteiger partial charge in [0.05, 0.1) is 17.6 Å². The molecule has 1 atom stereocenters. The van der Waals surface area contributed by atoms with Crippen molar-refractivity contribution in [2.45, 2.75) is 32.7 Å². The Kier molecular flexibility index (Phi) is 6.89. The summed E-state index contributed by atoms with van der Waals surface area (Å²) in [6, 6.07) is 5.67. The van der Waals surface area contributed by atoms with Gasteiger partial charge >= 0.3 is 0 Å². The summed E-state index contributed by atoms with van der Waals surface area (Å²) in [6.45, 7) is 8.38. The minimum atomic E-state index is -0.313. The van der Waals surface area contributed by atoms with Crippen molar-refractivity contribution >= 4 is 46.6 Å². The summed E-state index contributed by atoms with van der Waals surface area (Å²) in [7, 11) is 0. The molecule has 0 aliphatic carbocycles. The van der Waals surface area contributed by atoms with E-state index in [2.05, 4.69) is 32.5 Å². The van der Waals surface area contributed by atoms with Gasteiger partial charge < -0.3 is 20.9 Å². The Hall–Kier alpha value is -3.13. The molecule has 0 spiro atoms. The third-order valence-electron chi connectivity index (χ3n) is 4.82. The molecule has 0 bridgehead atoms. The van der Waals surface area contributed by atoms with Gasteiger partial charge in [-0.1, -0.05) is 24.2 Å². The summed E-state index contributed by atoms with van der Waals surface area (Å²) >= 11 is 6.30. The molecule has 1 aromatic heterocycles. The van der Waals surface area contributed by atoms with Crippen molar-refractivity contribution in [1.82, 2.24) is 14.9 Å². The average molecular weight is 429 g/mol. The Balaban J connectivity index is 1.78. The van der Waals surface area contributed by atoms with Crippen LogP contribution in [0.1, 0.15) is 25.3 Å². The normalized spacial score (nSPS) is 16.0. The Morgan fingerprint density at radius 2 is 2.13 bits per heavy atom. The van der Waals surface area contributed by atoms with Gasteiger partial charge in [-0.25, -0.2) is 4.98 Å². The third kappa shape index (κ3) is 5.48. The number of carbonyl (C=O) groups is 2. The summed E-state index contributed by atoms with van der Waals surface area (Å²) in [5.74, 6) is 0.578. The smallest absolute Gasteiger partial charge is 0.247 e. The molecule has 3 rings (SSSR count). The number of benzene rings is 1. The van der Waals surface area contributed by atoms with Gasteiger partial charge in [0.25, 0.3) is 0 Å². The fraction of sp³-hybridized carbons (Fsp3) is 0.333. The Labute approximate surface area is 180 Å². The quantitative estimate of drug-likeness (QED) is 0.606. The molecule has 1 aromatic carbocycles. The minimum Gasteiger partial charge on any atom is -0.350 e. The van der Waals surface area contributed by atoms with Crippen molar-refractivity contribution in [3.63, 3.8) is 0 Å². The highest BCUT2D eigenvalue weighted by atomic mass is 35.5. The minimum absolute atomic E-state index is 0.0642. The lowest BCUT2D eigenvalue weighted by atomic mass is 10.1. The Morgan fingerprint density at radius 1 is 1.33 bits per heavy atom. The summed E-state index contributed by atoms with van der Waals surface area (Å²) < 4.78 is 0. The van der Waals surface area contributed by atoms with Crippen LogP contribution >= 0.6 is 11.6 Å². The first-order valence-corrected chi connectivity index (χ1v) is 10.1. The summed E-state index contributed by atoms with van der Waals surface area (Å²) in [5.41, 5.74) is 2.22. The molecule has 0 saturated carbocycles. The zero-order valence-corrected chi connectivity index (χ0v) is 17.8. The van der Waals surface area contributed by atoms with E-state index in [1.54, 1.807) is 6.92 Å². The second-order valence-corrected chi connectivity index (χ2v) is 7.61. The number of carbonyl (C=O) groups excluding carboxylic acids is 2. The fourth-order valence-corrected chi connectivity index (χ4v) is 3.41.